The molecule has 0 radical (unpaired) electrons. The fourth-order valence-electron chi connectivity index (χ4n) is 3.47. The summed E-state index contributed by atoms with van der Waals surface area (Å²) in [5, 5.41) is 18.2. The minimum absolute atomic E-state index is 0.127. The molecule has 0 fully saturated rings. The smallest absolute Gasteiger partial charge is 0.193 e. The molecule has 1 aliphatic rings. The molecule has 142 valence electrons. The number of carbonyl (C=O) groups is 1. The van der Waals surface area contributed by atoms with Gasteiger partial charge in [-0.15, -0.1) is 0 Å². The molecular weight excluding hydrogens is 360 g/mol. The van der Waals surface area contributed by atoms with Crippen LogP contribution in [-0.4, -0.2) is 16.0 Å². The van der Waals surface area contributed by atoms with Crippen molar-refractivity contribution < 1.29 is 15.0 Å². The number of benzene rings is 4. The number of hydrogen-bond donors (Lipinski definition) is 2. The van der Waals surface area contributed by atoms with Crippen LogP contribution in [0.4, 0.5) is 0 Å². The quantitative estimate of drug-likeness (QED) is 0.393. The highest BCUT2D eigenvalue weighted by Gasteiger charge is 2.15. The zero-order valence-corrected chi connectivity index (χ0v) is 15.7. The van der Waals surface area contributed by atoms with E-state index in [1.807, 2.05) is 0 Å². The summed E-state index contributed by atoms with van der Waals surface area (Å²) in [4.78, 5) is 11.9. The van der Waals surface area contributed by atoms with E-state index in [2.05, 4.69) is 48.5 Å². The molecule has 4 aromatic rings. The maximum Gasteiger partial charge on any atom is 0.193 e. The van der Waals surface area contributed by atoms with E-state index in [1.165, 1.54) is 46.5 Å². The van der Waals surface area contributed by atoms with Gasteiger partial charge in [-0.3, -0.25) is 4.79 Å². The van der Waals surface area contributed by atoms with Crippen molar-refractivity contribution in [3.8, 4) is 22.6 Å². The third kappa shape index (κ3) is 4.04. The van der Waals surface area contributed by atoms with Crippen LogP contribution in [0.1, 0.15) is 27.0 Å². The third-order valence-corrected chi connectivity index (χ3v) is 4.96. The number of hydrogen-bond acceptors (Lipinski definition) is 3. The number of phenols is 2. The normalized spacial score (nSPS) is 11.0. The molecule has 0 aliphatic heterocycles. The predicted molar refractivity (Wildman–Crippen MR) is 114 cm³/mol. The van der Waals surface area contributed by atoms with Gasteiger partial charge in [-0.05, 0) is 77.2 Å². The molecule has 0 saturated heterocycles. The van der Waals surface area contributed by atoms with Gasteiger partial charge in [-0.1, -0.05) is 48.5 Å². The van der Waals surface area contributed by atoms with Crippen molar-refractivity contribution in [1.82, 2.24) is 0 Å². The summed E-state index contributed by atoms with van der Waals surface area (Å²) in [6.45, 7) is 0. The van der Waals surface area contributed by atoms with Crippen molar-refractivity contribution >= 4 is 5.78 Å². The molecule has 3 nitrogen and oxygen atoms in total. The lowest BCUT2D eigenvalue weighted by atomic mass is 10.0. The number of phenolic OH excluding ortho intramolecular Hbond substituents is 2. The molecule has 3 heteroatoms. The number of ketones is 1. The first-order valence-electron chi connectivity index (χ1n) is 9.41. The number of carbonyl (C=O) groups excluding carboxylic acids is 1. The van der Waals surface area contributed by atoms with E-state index in [1.54, 1.807) is 24.3 Å². The Labute approximate surface area is 169 Å². The molecule has 1 aliphatic carbocycles. The first kappa shape index (κ1) is 18.5. The van der Waals surface area contributed by atoms with E-state index < -0.39 is 0 Å². The van der Waals surface area contributed by atoms with Crippen LogP contribution >= 0.6 is 0 Å². The summed E-state index contributed by atoms with van der Waals surface area (Å²) in [7, 11) is 0. The van der Waals surface area contributed by atoms with Crippen LogP contribution in [0.25, 0.3) is 11.1 Å². The molecule has 0 heterocycles. The van der Waals surface area contributed by atoms with Crippen molar-refractivity contribution in [3.05, 3.63) is 119 Å². The lowest BCUT2D eigenvalue weighted by Gasteiger charge is -2.01. The second-order valence-corrected chi connectivity index (χ2v) is 6.91. The topological polar surface area (TPSA) is 57.5 Å². The number of aromatic hydroxyl groups is 2. The SMILES string of the molecule is O=C(c1ccc(O)cc1)c1ccc(O)cc1.c1ccc2c(c1)Cc1ccccc1-2. The summed E-state index contributed by atoms with van der Waals surface area (Å²) < 4.78 is 0. The van der Waals surface area contributed by atoms with E-state index in [9.17, 15) is 4.79 Å². The Kier molecular flexibility index (Phi) is 5.12. The van der Waals surface area contributed by atoms with Gasteiger partial charge in [0.25, 0.3) is 0 Å². The molecule has 0 bridgehead atoms. The molecule has 29 heavy (non-hydrogen) atoms. The van der Waals surface area contributed by atoms with Crippen LogP contribution < -0.4 is 0 Å². The molecule has 0 amide bonds. The molecule has 4 aromatic carbocycles. The zero-order valence-electron chi connectivity index (χ0n) is 15.7. The first-order chi connectivity index (χ1) is 14.1. The second-order valence-electron chi connectivity index (χ2n) is 6.91. The molecule has 0 atom stereocenters. The average Bonchev–Trinajstić information content (AvgIpc) is 3.14. The Balaban J connectivity index is 0.000000144. The Morgan fingerprint density at radius 3 is 1.34 bits per heavy atom. The van der Waals surface area contributed by atoms with Gasteiger partial charge in [0.1, 0.15) is 11.5 Å². The summed E-state index contributed by atoms with van der Waals surface area (Å²) in [6, 6.07) is 29.4. The van der Waals surface area contributed by atoms with E-state index in [0.29, 0.717) is 11.1 Å². The van der Waals surface area contributed by atoms with Gasteiger partial charge < -0.3 is 10.2 Å². The minimum atomic E-state index is -0.139. The molecular formula is C26H20O3. The van der Waals surface area contributed by atoms with Gasteiger partial charge in [0.05, 0.1) is 0 Å². The van der Waals surface area contributed by atoms with E-state index >= 15 is 0 Å². The fraction of sp³-hybridized carbons (Fsp3) is 0.0385. The van der Waals surface area contributed by atoms with Crippen LogP contribution in [-0.2, 0) is 6.42 Å². The monoisotopic (exact) mass is 380 g/mol. The third-order valence-electron chi connectivity index (χ3n) is 4.96. The maximum atomic E-state index is 11.9. The highest BCUT2D eigenvalue weighted by atomic mass is 16.3. The largest absolute Gasteiger partial charge is 0.508 e. The lowest BCUT2D eigenvalue weighted by molar-refractivity contribution is 0.103. The maximum absolute atomic E-state index is 11.9. The van der Waals surface area contributed by atoms with Crippen LogP contribution in [0.2, 0.25) is 0 Å². The number of fused-ring (bicyclic) bond motifs is 3. The van der Waals surface area contributed by atoms with Crippen LogP contribution in [0.15, 0.2) is 97.1 Å². The fourth-order valence-corrected chi connectivity index (χ4v) is 3.47. The molecule has 0 saturated carbocycles. The molecule has 5 rings (SSSR count). The van der Waals surface area contributed by atoms with Gasteiger partial charge in [-0.25, -0.2) is 0 Å². The van der Waals surface area contributed by atoms with E-state index in [0.717, 1.165) is 6.42 Å². The molecule has 0 spiro atoms. The average molecular weight is 380 g/mol. The van der Waals surface area contributed by atoms with Gasteiger partial charge in [0, 0.05) is 11.1 Å². The summed E-state index contributed by atoms with van der Waals surface area (Å²) in [5.74, 6) is 0.115. The summed E-state index contributed by atoms with van der Waals surface area (Å²) in [6.07, 6.45) is 1.10. The van der Waals surface area contributed by atoms with Gasteiger partial charge >= 0.3 is 0 Å². The van der Waals surface area contributed by atoms with Crippen molar-refractivity contribution in [3.63, 3.8) is 0 Å². The molecule has 2 N–H and O–H groups in total. The Morgan fingerprint density at radius 1 is 0.552 bits per heavy atom. The van der Waals surface area contributed by atoms with Crippen LogP contribution in [0, 0.1) is 0 Å². The van der Waals surface area contributed by atoms with Gasteiger partial charge in [0.2, 0.25) is 0 Å². The Bertz CT molecular complexity index is 1050. The highest BCUT2D eigenvalue weighted by Crippen LogP contribution is 2.35. The minimum Gasteiger partial charge on any atom is -0.508 e. The summed E-state index contributed by atoms with van der Waals surface area (Å²) in [5.41, 5.74) is 6.76. The van der Waals surface area contributed by atoms with Crippen molar-refractivity contribution in [2.75, 3.05) is 0 Å². The van der Waals surface area contributed by atoms with Gasteiger partial charge in [-0.2, -0.15) is 0 Å². The predicted octanol–water partition coefficient (Wildman–Crippen LogP) is 5.59. The second kappa shape index (κ2) is 8.03. The van der Waals surface area contributed by atoms with Crippen molar-refractivity contribution in [1.29, 1.82) is 0 Å². The Hall–Kier alpha value is -3.85. The molecule has 0 unspecified atom stereocenters. The Morgan fingerprint density at radius 2 is 0.931 bits per heavy atom. The zero-order chi connectivity index (χ0) is 20.2. The first-order valence-corrected chi connectivity index (χ1v) is 9.41. The van der Waals surface area contributed by atoms with Crippen LogP contribution in [0.3, 0.4) is 0 Å². The van der Waals surface area contributed by atoms with E-state index in [-0.39, 0.29) is 17.3 Å². The summed E-state index contributed by atoms with van der Waals surface area (Å²) >= 11 is 0. The van der Waals surface area contributed by atoms with Crippen molar-refractivity contribution in [2.24, 2.45) is 0 Å². The standard InChI is InChI=1S/C13H10O3.C13H10/c14-11-5-1-9(2-6-11)13(16)10-3-7-12(15)8-4-10;1-3-7-12-10(5-1)9-11-6-2-4-8-13(11)12/h1-8,14-15H;1-8H,9H2. The van der Waals surface area contributed by atoms with E-state index in [4.69, 9.17) is 10.2 Å². The number of rotatable bonds is 2. The molecule has 0 aromatic heterocycles. The lowest BCUT2D eigenvalue weighted by Crippen LogP contribution is -2.00. The van der Waals surface area contributed by atoms with Crippen LogP contribution in [0.5, 0.6) is 11.5 Å². The van der Waals surface area contributed by atoms with Crippen molar-refractivity contribution in [2.45, 2.75) is 6.42 Å². The highest BCUT2D eigenvalue weighted by molar-refractivity contribution is 6.09. The van der Waals surface area contributed by atoms with Gasteiger partial charge in [0.15, 0.2) is 5.78 Å².